The van der Waals surface area contributed by atoms with Gasteiger partial charge in [0.2, 0.25) is 17.8 Å². The minimum atomic E-state index is -0.149. The summed E-state index contributed by atoms with van der Waals surface area (Å²) < 4.78 is 5.18. The first-order valence-corrected chi connectivity index (χ1v) is 10.1. The first-order valence-electron chi connectivity index (χ1n) is 10.1. The van der Waals surface area contributed by atoms with E-state index >= 15 is 0 Å². The second-order valence-electron chi connectivity index (χ2n) is 7.28. The van der Waals surface area contributed by atoms with E-state index in [1.54, 1.807) is 25.6 Å². The van der Waals surface area contributed by atoms with Crippen LogP contribution in [0.25, 0.3) is 0 Å². The van der Waals surface area contributed by atoms with Gasteiger partial charge in [-0.1, -0.05) is 12.1 Å². The zero-order valence-corrected chi connectivity index (χ0v) is 16.9. The van der Waals surface area contributed by atoms with Gasteiger partial charge in [-0.2, -0.15) is 4.98 Å². The van der Waals surface area contributed by atoms with E-state index < -0.39 is 0 Å². The van der Waals surface area contributed by atoms with Gasteiger partial charge in [-0.05, 0) is 43.0 Å². The standard InChI is InChI=1S/C21H25N7O2/c1-30-17-8-5-15(6-9-17)7-10-18-24-20(27-26-18)25-19(29)16-4-2-13-28(14-16)21-22-11-3-12-23-21/h3,5-6,8-9,11-12,16H,2,4,7,10,13-14H2,1H3,(H2,24,25,26,27,29)/t16-/m1/s1. The molecule has 2 N–H and O–H groups in total. The number of piperidine rings is 1. The third-order valence-electron chi connectivity index (χ3n) is 5.20. The van der Waals surface area contributed by atoms with Gasteiger partial charge in [0.05, 0.1) is 13.0 Å². The van der Waals surface area contributed by atoms with E-state index in [2.05, 4.69) is 30.5 Å². The smallest absolute Gasteiger partial charge is 0.248 e. The van der Waals surface area contributed by atoms with Crippen LogP contribution in [0.5, 0.6) is 5.75 Å². The molecule has 0 bridgehead atoms. The summed E-state index contributed by atoms with van der Waals surface area (Å²) in [6, 6.07) is 9.73. The summed E-state index contributed by atoms with van der Waals surface area (Å²) in [6.45, 7) is 1.44. The Hall–Kier alpha value is -3.49. The van der Waals surface area contributed by atoms with Crippen molar-refractivity contribution in [1.82, 2.24) is 25.1 Å². The second-order valence-corrected chi connectivity index (χ2v) is 7.28. The van der Waals surface area contributed by atoms with E-state index in [-0.39, 0.29) is 11.8 Å². The van der Waals surface area contributed by atoms with Crippen molar-refractivity contribution in [3.05, 3.63) is 54.1 Å². The summed E-state index contributed by atoms with van der Waals surface area (Å²) in [5, 5.41) is 9.89. The number of anilines is 2. The molecule has 1 aromatic carbocycles. The number of aromatic amines is 1. The molecule has 156 valence electrons. The molecular weight excluding hydrogens is 382 g/mol. The fourth-order valence-corrected chi connectivity index (χ4v) is 3.56. The number of hydrogen-bond acceptors (Lipinski definition) is 7. The fraction of sp³-hybridized carbons (Fsp3) is 0.381. The van der Waals surface area contributed by atoms with E-state index in [1.165, 1.54) is 5.56 Å². The number of carbonyl (C=O) groups is 1. The van der Waals surface area contributed by atoms with Gasteiger partial charge in [-0.15, -0.1) is 5.10 Å². The van der Waals surface area contributed by atoms with Crippen LogP contribution in [0.15, 0.2) is 42.7 Å². The van der Waals surface area contributed by atoms with E-state index in [1.807, 2.05) is 29.2 Å². The Labute approximate surface area is 174 Å². The van der Waals surface area contributed by atoms with Crippen LogP contribution in [0, 0.1) is 5.92 Å². The van der Waals surface area contributed by atoms with Gasteiger partial charge in [0, 0.05) is 31.9 Å². The molecule has 9 nitrogen and oxygen atoms in total. The molecule has 1 fully saturated rings. The van der Waals surface area contributed by atoms with E-state index in [0.29, 0.717) is 24.9 Å². The lowest BCUT2D eigenvalue weighted by Crippen LogP contribution is -2.41. The van der Waals surface area contributed by atoms with Crippen molar-refractivity contribution in [3.8, 4) is 5.75 Å². The van der Waals surface area contributed by atoms with Crippen molar-refractivity contribution in [2.75, 3.05) is 30.4 Å². The van der Waals surface area contributed by atoms with Crippen LogP contribution in [0.1, 0.15) is 24.2 Å². The number of hydrogen-bond donors (Lipinski definition) is 2. The molecule has 0 saturated carbocycles. The van der Waals surface area contributed by atoms with Gasteiger partial charge in [0.15, 0.2) is 0 Å². The van der Waals surface area contributed by atoms with Crippen LogP contribution < -0.4 is 15.0 Å². The summed E-state index contributed by atoms with van der Waals surface area (Å²) >= 11 is 0. The topological polar surface area (TPSA) is 109 Å². The molecule has 0 radical (unpaired) electrons. The number of nitrogens with one attached hydrogen (secondary N) is 2. The summed E-state index contributed by atoms with van der Waals surface area (Å²) in [7, 11) is 1.65. The molecule has 0 aliphatic carbocycles. The minimum absolute atomic E-state index is 0.0728. The Bertz CT molecular complexity index is 959. The Morgan fingerprint density at radius 3 is 2.80 bits per heavy atom. The van der Waals surface area contributed by atoms with Gasteiger partial charge in [-0.3, -0.25) is 15.2 Å². The zero-order chi connectivity index (χ0) is 20.8. The maximum atomic E-state index is 12.7. The number of ether oxygens (including phenoxy) is 1. The summed E-state index contributed by atoms with van der Waals surface area (Å²) in [5.74, 6) is 2.33. The van der Waals surface area contributed by atoms with Crippen molar-refractivity contribution in [2.45, 2.75) is 25.7 Å². The molecule has 0 spiro atoms. The number of rotatable bonds is 7. The summed E-state index contributed by atoms with van der Waals surface area (Å²) in [5.41, 5.74) is 1.18. The normalized spacial score (nSPS) is 16.3. The van der Waals surface area contributed by atoms with Crippen LogP contribution >= 0.6 is 0 Å². The van der Waals surface area contributed by atoms with Gasteiger partial charge < -0.3 is 9.64 Å². The summed E-state index contributed by atoms with van der Waals surface area (Å²) in [6.07, 6.45) is 6.70. The molecule has 3 heterocycles. The quantitative estimate of drug-likeness (QED) is 0.618. The highest BCUT2D eigenvalue weighted by Gasteiger charge is 2.27. The van der Waals surface area contributed by atoms with Crippen molar-refractivity contribution >= 4 is 17.8 Å². The predicted molar refractivity (Wildman–Crippen MR) is 112 cm³/mol. The molecule has 9 heteroatoms. The van der Waals surface area contributed by atoms with Crippen LogP contribution in [-0.4, -0.2) is 51.3 Å². The number of H-pyrrole nitrogens is 1. The lowest BCUT2D eigenvalue weighted by molar-refractivity contribution is -0.120. The average molecular weight is 407 g/mol. The van der Waals surface area contributed by atoms with Crippen molar-refractivity contribution < 1.29 is 9.53 Å². The van der Waals surface area contributed by atoms with Gasteiger partial charge >= 0.3 is 0 Å². The van der Waals surface area contributed by atoms with Crippen LogP contribution in [0.3, 0.4) is 0 Å². The molecule has 4 rings (SSSR count). The Balaban J connectivity index is 1.30. The molecular formula is C21H25N7O2. The van der Waals surface area contributed by atoms with Gasteiger partial charge in [-0.25, -0.2) is 9.97 Å². The first kappa shape index (κ1) is 19.8. The van der Waals surface area contributed by atoms with Crippen LogP contribution in [-0.2, 0) is 17.6 Å². The maximum absolute atomic E-state index is 12.7. The number of aryl methyl sites for hydroxylation is 2. The molecule has 0 unspecified atom stereocenters. The van der Waals surface area contributed by atoms with E-state index in [0.717, 1.165) is 37.4 Å². The number of carbonyl (C=O) groups excluding carboxylic acids is 1. The Morgan fingerprint density at radius 1 is 1.23 bits per heavy atom. The van der Waals surface area contributed by atoms with E-state index in [4.69, 9.17) is 4.74 Å². The first-order chi connectivity index (χ1) is 14.7. The van der Waals surface area contributed by atoms with Crippen molar-refractivity contribution in [3.63, 3.8) is 0 Å². The molecule has 1 aliphatic rings. The third kappa shape index (κ3) is 4.91. The Kier molecular flexibility index (Phi) is 6.17. The number of nitrogens with zero attached hydrogens (tertiary/aromatic N) is 5. The van der Waals surface area contributed by atoms with Crippen molar-refractivity contribution in [2.24, 2.45) is 5.92 Å². The predicted octanol–water partition coefficient (Wildman–Crippen LogP) is 2.24. The molecule has 2 aromatic heterocycles. The minimum Gasteiger partial charge on any atom is -0.497 e. The van der Waals surface area contributed by atoms with Gasteiger partial charge in [0.1, 0.15) is 11.6 Å². The van der Waals surface area contributed by atoms with Gasteiger partial charge in [0.25, 0.3) is 0 Å². The molecule has 1 amide bonds. The highest BCUT2D eigenvalue weighted by Crippen LogP contribution is 2.21. The SMILES string of the molecule is COc1ccc(CCc2nc(NC(=O)[C@@H]3CCCN(c4ncccn4)C3)n[nH]2)cc1. The van der Waals surface area contributed by atoms with Crippen LogP contribution in [0.4, 0.5) is 11.9 Å². The van der Waals surface area contributed by atoms with Crippen LogP contribution in [0.2, 0.25) is 0 Å². The molecule has 1 saturated heterocycles. The molecule has 1 atom stereocenters. The highest BCUT2D eigenvalue weighted by atomic mass is 16.5. The monoisotopic (exact) mass is 407 g/mol. The molecule has 1 aliphatic heterocycles. The molecule has 3 aromatic rings. The number of benzene rings is 1. The third-order valence-corrected chi connectivity index (χ3v) is 5.20. The second kappa shape index (κ2) is 9.34. The number of aromatic nitrogens is 5. The zero-order valence-electron chi connectivity index (χ0n) is 16.9. The maximum Gasteiger partial charge on any atom is 0.248 e. The number of amides is 1. The van der Waals surface area contributed by atoms with Crippen molar-refractivity contribution in [1.29, 1.82) is 0 Å². The Morgan fingerprint density at radius 2 is 2.03 bits per heavy atom. The van der Waals surface area contributed by atoms with E-state index in [9.17, 15) is 4.79 Å². The largest absolute Gasteiger partial charge is 0.497 e. The lowest BCUT2D eigenvalue weighted by Gasteiger charge is -2.31. The average Bonchev–Trinajstić information content (AvgIpc) is 3.26. The fourth-order valence-electron chi connectivity index (χ4n) is 3.56. The molecule has 30 heavy (non-hydrogen) atoms. The number of methoxy groups -OCH3 is 1. The lowest BCUT2D eigenvalue weighted by atomic mass is 9.97. The highest BCUT2D eigenvalue weighted by molar-refractivity contribution is 5.91. The summed E-state index contributed by atoms with van der Waals surface area (Å²) in [4.78, 5) is 27.7.